The van der Waals surface area contributed by atoms with Crippen LogP contribution in [0.4, 0.5) is 5.13 Å². The predicted molar refractivity (Wildman–Crippen MR) is 82.1 cm³/mol. The second-order valence-corrected chi connectivity index (χ2v) is 5.52. The number of benzene rings is 1. The van der Waals surface area contributed by atoms with E-state index in [4.69, 9.17) is 10.5 Å². The molecule has 0 atom stereocenters. The number of nitrogens with zero attached hydrogens (tertiary/aromatic N) is 1. The molecule has 3 N–H and O–H groups in total. The Bertz CT molecular complexity index is 583. The number of nitrogen functional groups attached to an aromatic ring is 1. The maximum absolute atomic E-state index is 12.0. The maximum Gasteiger partial charge on any atom is 0.251 e. The van der Waals surface area contributed by atoms with Crippen molar-refractivity contribution in [2.75, 3.05) is 25.5 Å². The second-order valence-electron chi connectivity index (χ2n) is 4.46. The van der Waals surface area contributed by atoms with Gasteiger partial charge in [0.05, 0.1) is 10.2 Å². The highest BCUT2D eigenvalue weighted by Crippen LogP contribution is 2.24. The van der Waals surface area contributed by atoms with E-state index >= 15 is 0 Å². The van der Waals surface area contributed by atoms with E-state index in [0.29, 0.717) is 23.8 Å². The van der Waals surface area contributed by atoms with Crippen LogP contribution in [0.2, 0.25) is 0 Å². The fourth-order valence-electron chi connectivity index (χ4n) is 1.81. The summed E-state index contributed by atoms with van der Waals surface area (Å²) < 4.78 is 6.29. The van der Waals surface area contributed by atoms with Gasteiger partial charge in [-0.1, -0.05) is 18.3 Å². The van der Waals surface area contributed by atoms with Crippen LogP contribution in [0.5, 0.6) is 0 Å². The third-order valence-corrected chi connectivity index (χ3v) is 3.61. The molecule has 0 saturated carbocycles. The molecule has 6 heteroatoms. The molecule has 0 aliphatic rings. The molecule has 2 aromatic rings. The highest BCUT2D eigenvalue weighted by atomic mass is 32.1. The number of carbonyl (C=O) groups is 1. The molecule has 1 heterocycles. The molecule has 0 aliphatic heterocycles. The average Bonchev–Trinajstić information content (AvgIpc) is 2.81. The maximum atomic E-state index is 12.0. The van der Waals surface area contributed by atoms with Crippen LogP contribution in [0.25, 0.3) is 10.2 Å². The van der Waals surface area contributed by atoms with E-state index in [1.54, 1.807) is 6.07 Å². The number of nitrogens with one attached hydrogen (secondary N) is 1. The van der Waals surface area contributed by atoms with Gasteiger partial charge in [-0.15, -0.1) is 0 Å². The molecule has 1 aromatic carbocycles. The fraction of sp³-hybridized carbons (Fsp3) is 0.429. The largest absolute Gasteiger partial charge is 0.381 e. The van der Waals surface area contributed by atoms with E-state index in [1.165, 1.54) is 11.3 Å². The Balaban J connectivity index is 1.84. The first-order chi connectivity index (χ1) is 9.70. The van der Waals surface area contributed by atoms with E-state index in [2.05, 4.69) is 17.2 Å². The second kappa shape index (κ2) is 7.21. The van der Waals surface area contributed by atoms with E-state index in [9.17, 15) is 4.79 Å². The molecule has 108 valence electrons. The van der Waals surface area contributed by atoms with Gasteiger partial charge >= 0.3 is 0 Å². The van der Waals surface area contributed by atoms with Crippen LogP contribution in [0, 0.1) is 0 Å². The summed E-state index contributed by atoms with van der Waals surface area (Å²) in [7, 11) is 0. The Kier molecular flexibility index (Phi) is 5.31. The molecule has 5 nitrogen and oxygen atoms in total. The van der Waals surface area contributed by atoms with Crippen LogP contribution in [-0.4, -0.2) is 30.6 Å². The first-order valence-electron chi connectivity index (χ1n) is 6.72. The summed E-state index contributed by atoms with van der Waals surface area (Å²) in [6.07, 6.45) is 1.84. The third-order valence-electron chi connectivity index (χ3n) is 2.77. The van der Waals surface area contributed by atoms with Crippen molar-refractivity contribution >= 4 is 32.6 Å². The summed E-state index contributed by atoms with van der Waals surface area (Å²) in [5, 5.41) is 3.40. The summed E-state index contributed by atoms with van der Waals surface area (Å²) in [4.78, 5) is 16.2. The van der Waals surface area contributed by atoms with Crippen molar-refractivity contribution in [3.8, 4) is 0 Å². The number of aromatic nitrogens is 1. The minimum atomic E-state index is -0.0747. The third kappa shape index (κ3) is 3.91. The van der Waals surface area contributed by atoms with Gasteiger partial charge in [0.25, 0.3) is 5.91 Å². The molecule has 0 spiro atoms. The van der Waals surface area contributed by atoms with Crippen molar-refractivity contribution in [1.29, 1.82) is 0 Å². The molecule has 20 heavy (non-hydrogen) atoms. The van der Waals surface area contributed by atoms with Crippen LogP contribution < -0.4 is 11.1 Å². The SMILES string of the molecule is CCCOCCCNC(=O)c1ccc2nc(N)sc2c1. The molecule has 0 unspecified atom stereocenters. The van der Waals surface area contributed by atoms with Crippen LogP contribution in [0.3, 0.4) is 0 Å². The lowest BCUT2D eigenvalue weighted by Gasteiger charge is -2.05. The molecule has 0 fully saturated rings. The average molecular weight is 293 g/mol. The van der Waals surface area contributed by atoms with E-state index in [0.717, 1.165) is 29.7 Å². The van der Waals surface area contributed by atoms with Gasteiger partial charge < -0.3 is 15.8 Å². The van der Waals surface area contributed by atoms with Crippen molar-refractivity contribution < 1.29 is 9.53 Å². The number of ether oxygens (including phenoxy) is 1. The van der Waals surface area contributed by atoms with E-state index < -0.39 is 0 Å². The standard InChI is InChI=1S/C14H19N3O2S/c1-2-7-19-8-3-6-16-13(18)10-4-5-11-12(9-10)20-14(15)17-11/h4-5,9H,2-3,6-8H2,1H3,(H2,15,17)(H,16,18). The van der Waals surface area contributed by atoms with E-state index in [1.807, 2.05) is 12.1 Å². The van der Waals surface area contributed by atoms with Crippen molar-refractivity contribution in [2.24, 2.45) is 0 Å². The number of hydrogen-bond donors (Lipinski definition) is 2. The van der Waals surface area contributed by atoms with Gasteiger partial charge in [-0.3, -0.25) is 4.79 Å². The smallest absolute Gasteiger partial charge is 0.251 e. The van der Waals surface area contributed by atoms with Crippen molar-refractivity contribution in [2.45, 2.75) is 19.8 Å². The van der Waals surface area contributed by atoms with Crippen LogP contribution in [0.1, 0.15) is 30.1 Å². The summed E-state index contributed by atoms with van der Waals surface area (Å²) in [5.41, 5.74) is 7.11. The van der Waals surface area contributed by atoms with Gasteiger partial charge in [0.15, 0.2) is 5.13 Å². The minimum absolute atomic E-state index is 0.0747. The Morgan fingerprint density at radius 2 is 2.30 bits per heavy atom. The van der Waals surface area contributed by atoms with Crippen molar-refractivity contribution in [3.05, 3.63) is 23.8 Å². The quantitative estimate of drug-likeness (QED) is 0.769. The number of nitrogens with two attached hydrogens (primary N) is 1. The number of rotatable bonds is 7. The molecule has 1 aromatic heterocycles. The zero-order valence-electron chi connectivity index (χ0n) is 11.5. The topological polar surface area (TPSA) is 77.2 Å². The zero-order chi connectivity index (χ0) is 14.4. The van der Waals surface area contributed by atoms with Crippen LogP contribution in [0.15, 0.2) is 18.2 Å². The number of carbonyl (C=O) groups excluding carboxylic acids is 1. The highest BCUT2D eigenvalue weighted by Gasteiger charge is 2.08. The van der Waals surface area contributed by atoms with Crippen molar-refractivity contribution in [3.63, 3.8) is 0 Å². The predicted octanol–water partition coefficient (Wildman–Crippen LogP) is 2.42. The molecule has 0 saturated heterocycles. The molecular formula is C14H19N3O2S. The Labute approximate surface area is 122 Å². The Morgan fingerprint density at radius 1 is 1.45 bits per heavy atom. The number of fused-ring (bicyclic) bond motifs is 1. The molecule has 0 radical (unpaired) electrons. The monoisotopic (exact) mass is 293 g/mol. The first kappa shape index (κ1) is 14.7. The van der Waals surface area contributed by atoms with Crippen LogP contribution >= 0.6 is 11.3 Å². The summed E-state index contributed by atoms with van der Waals surface area (Å²) in [6.45, 7) is 4.14. The molecule has 0 bridgehead atoms. The van der Waals surface area contributed by atoms with Gasteiger partial charge in [-0.25, -0.2) is 4.98 Å². The molecular weight excluding hydrogens is 274 g/mol. The van der Waals surface area contributed by atoms with Gasteiger partial charge in [0, 0.05) is 25.3 Å². The summed E-state index contributed by atoms with van der Waals surface area (Å²) in [5.74, 6) is -0.0747. The lowest BCUT2D eigenvalue weighted by atomic mass is 10.2. The van der Waals surface area contributed by atoms with Crippen LogP contribution in [-0.2, 0) is 4.74 Å². The minimum Gasteiger partial charge on any atom is -0.381 e. The number of amides is 1. The van der Waals surface area contributed by atoms with E-state index in [-0.39, 0.29) is 5.91 Å². The molecule has 2 rings (SSSR count). The lowest BCUT2D eigenvalue weighted by Crippen LogP contribution is -2.25. The number of hydrogen-bond acceptors (Lipinski definition) is 5. The number of anilines is 1. The first-order valence-corrected chi connectivity index (χ1v) is 7.54. The van der Waals surface area contributed by atoms with Gasteiger partial charge in [-0.05, 0) is 31.0 Å². The Hall–Kier alpha value is -1.66. The van der Waals surface area contributed by atoms with Crippen molar-refractivity contribution in [1.82, 2.24) is 10.3 Å². The zero-order valence-corrected chi connectivity index (χ0v) is 12.3. The molecule has 1 amide bonds. The lowest BCUT2D eigenvalue weighted by molar-refractivity contribution is 0.0941. The van der Waals surface area contributed by atoms with Gasteiger partial charge in [0.1, 0.15) is 0 Å². The summed E-state index contributed by atoms with van der Waals surface area (Å²) in [6, 6.07) is 5.41. The molecule has 0 aliphatic carbocycles. The van der Waals surface area contributed by atoms with Gasteiger partial charge in [0.2, 0.25) is 0 Å². The van der Waals surface area contributed by atoms with Gasteiger partial charge in [-0.2, -0.15) is 0 Å². The summed E-state index contributed by atoms with van der Waals surface area (Å²) >= 11 is 1.39. The fourth-order valence-corrected chi connectivity index (χ4v) is 2.58. The normalized spacial score (nSPS) is 10.8. The number of thiazole rings is 1. The highest BCUT2D eigenvalue weighted by molar-refractivity contribution is 7.22. The Morgan fingerprint density at radius 3 is 3.10 bits per heavy atom.